The molecule has 1 fully saturated rings. The number of rotatable bonds is 5. The summed E-state index contributed by atoms with van der Waals surface area (Å²) in [5, 5.41) is 2.74. The van der Waals surface area contributed by atoms with Crippen LogP contribution in [0.3, 0.4) is 0 Å². The van der Waals surface area contributed by atoms with Crippen LogP contribution in [0.15, 0.2) is 35.1 Å². The quantitative estimate of drug-likeness (QED) is 0.866. The van der Waals surface area contributed by atoms with Crippen LogP contribution < -0.4 is 16.0 Å². The van der Waals surface area contributed by atoms with E-state index in [0.29, 0.717) is 11.3 Å². The van der Waals surface area contributed by atoms with Gasteiger partial charge in [0.1, 0.15) is 17.8 Å². The number of aromatic nitrogens is 1. The van der Waals surface area contributed by atoms with Crippen molar-refractivity contribution in [3.8, 4) is 0 Å². The highest BCUT2D eigenvalue weighted by Gasteiger charge is 2.13. The Hall–Kier alpha value is -2.83. The fourth-order valence-corrected chi connectivity index (χ4v) is 2.88. The molecule has 132 valence electrons. The smallest absolute Gasteiger partial charge is 0.253 e. The number of furan rings is 1. The molecule has 0 aromatic carbocycles. The van der Waals surface area contributed by atoms with Crippen LogP contribution in [-0.2, 0) is 6.54 Å². The predicted molar refractivity (Wildman–Crippen MR) is 93.3 cm³/mol. The number of nitrogens with one attached hydrogen (secondary N) is 1. The van der Waals surface area contributed by atoms with E-state index in [1.807, 2.05) is 6.07 Å². The lowest BCUT2D eigenvalue weighted by molar-refractivity contribution is 0.0946. The fourth-order valence-electron chi connectivity index (χ4n) is 2.88. The van der Waals surface area contributed by atoms with Gasteiger partial charge in [0.05, 0.1) is 17.7 Å². The number of primary amides is 1. The van der Waals surface area contributed by atoms with Gasteiger partial charge in [-0.1, -0.05) is 12.8 Å². The first kappa shape index (κ1) is 17.0. The van der Waals surface area contributed by atoms with Gasteiger partial charge in [0.2, 0.25) is 0 Å². The van der Waals surface area contributed by atoms with Crippen LogP contribution >= 0.6 is 0 Å². The maximum Gasteiger partial charge on any atom is 0.253 e. The maximum absolute atomic E-state index is 12.2. The standard InChI is InChI=1S/C18H22N4O3/c19-17(23)14-9-15(25-12-14)11-21-18(24)13-5-6-16(20-10-13)22-7-3-1-2-4-8-22/h5-6,9-10,12H,1-4,7-8,11H2,(H2,19,23)(H,21,24). The van der Waals surface area contributed by atoms with E-state index in [-0.39, 0.29) is 18.0 Å². The van der Waals surface area contributed by atoms with Crippen molar-refractivity contribution in [2.45, 2.75) is 32.2 Å². The van der Waals surface area contributed by atoms with E-state index >= 15 is 0 Å². The third-order valence-electron chi connectivity index (χ3n) is 4.30. The maximum atomic E-state index is 12.2. The van der Waals surface area contributed by atoms with Crippen LogP contribution in [0.1, 0.15) is 52.2 Å². The lowest BCUT2D eigenvalue weighted by Crippen LogP contribution is -2.26. The number of carbonyl (C=O) groups is 2. The molecular formula is C18H22N4O3. The summed E-state index contributed by atoms with van der Waals surface area (Å²) in [7, 11) is 0. The minimum atomic E-state index is -0.561. The van der Waals surface area contributed by atoms with Crippen molar-refractivity contribution in [1.29, 1.82) is 0 Å². The van der Waals surface area contributed by atoms with E-state index in [4.69, 9.17) is 10.2 Å². The molecule has 2 aromatic heterocycles. The number of nitrogens with zero attached hydrogens (tertiary/aromatic N) is 2. The molecule has 3 rings (SSSR count). The van der Waals surface area contributed by atoms with E-state index in [0.717, 1.165) is 18.9 Å². The van der Waals surface area contributed by atoms with E-state index < -0.39 is 5.91 Å². The highest BCUT2D eigenvalue weighted by Crippen LogP contribution is 2.17. The van der Waals surface area contributed by atoms with Crippen molar-refractivity contribution in [2.24, 2.45) is 5.73 Å². The van der Waals surface area contributed by atoms with Gasteiger partial charge in [-0.3, -0.25) is 9.59 Å². The van der Waals surface area contributed by atoms with Crippen molar-refractivity contribution in [3.63, 3.8) is 0 Å². The van der Waals surface area contributed by atoms with Gasteiger partial charge in [0.15, 0.2) is 0 Å². The number of nitrogens with two attached hydrogens (primary N) is 1. The minimum absolute atomic E-state index is 0.181. The summed E-state index contributed by atoms with van der Waals surface area (Å²) in [5.41, 5.74) is 5.93. The average Bonchev–Trinajstić information content (AvgIpc) is 2.94. The first-order chi connectivity index (χ1) is 12.1. The largest absolute Gasteiger partial charge is 0.467 e. The number of amides is 2. The van der Waals surface area contributed by atoms with E-state index in [2.05, 4.69) is 15.2 Å². The van der Waals surface area contributed by atoms with Crippen LogP contribution in [-0.4, -0.2) is 29.9 Å². The van der Waals surface area contributed by atoms with E-state index in [1.54, 1.807) is 12.3 Å². The molecule has 0 bridgehead atoms. The van der Waals surface area contributed by atoms with Gasteiger partial charge in [0.25, 0.3) is 11.8 Å². The van der Waals surface area contributed by atoms with Crippen molar-refractivity contribution in [2.75, 3.05) is 18.0 Å². The summed E-state index contributed by atoms with van der Waals surface area (Å²) in [6, 6.07) is 5.18. The first-order valence-electron chi connectivity index (χ1n) is 8.50. The monoisotopic (exact) mass is 342 g/mol. The number of anilines is 1. The molecule has 1 saturated heterocycles. The van der Waals surface area contributed by atoms with Crippen molar-refractivity contribution in [3.05, 3.63) is 47.5 Å². The van der Waals surface area contributed by atoms with Crippen molar-refractivity contribution >= 4 is 17.6 Å². The van der Waals surface area contributed by atoms with Gasteiger partial charge in [-0.15, -0.1) is 0 Å². The molecule has 25 heavy (non-hydrogen) atoms. The van der Waals surface area contributed by atoms with Gasteiger partial charge in [0, 0.05) is 19.3 Å². The normalized spacial score (nSPS) is 14.8. The van der Waals surface area contributed by atoms with Gasteiger partial charge in [-0.2, -0.15) is 0 Å². The summed E-state index contributed by atoms with van der Waals surface area (Å²) in [5.74, 6) is 0.577. The molecule has 0 radical (unpaired) electrons. The van der Waals surface area contributed by atoms with Crippen molar-refractivity contribution in [1.82, 2.24) is 10.3 Å². The topological polar surface area (TPSA) is 101 Å². The van der Waals surface area contributed by atoms with Crippen LogP contribution in [0.25, 0.3) is 0 Å². The van der Waals surface area contributed by atoms with Crippen LogP contribution in [0.5, 0.6) is 0 Å². The SMILES string of the molecule is NC(=O)c1coc(CNC(=O)c2ccc(N3CCCCCC3)nc2)c1. The van der Waals surface area contributed by atoms with Gasteiger partial charge in [-0.25, -0.2) is 4.98 Å². The predicted octanol–water partition coefficient (Wildman–Crippen LogP) is 2.08. The molecule has 0 unspecified atom stereocenters. The number of hydrogen-bond donors (Lipinski definition) is 2. The zero-order valence-electron chi connectivity index (χ0n) is 14.0. The molecule has 0 spiro atoms. The molecule has 2 aromatic rings. The lowest BCUT2D eigenvalue weighted by atomic mass is 10.2. The van der Waals surface area contributed by atoms with E-state index in [9.17, 15) is 9.59 Å². The Morgan fingerprint density at radius 1 is 1.16 bits per heavy atom. The average molecular weight is 342 g/mol. The van der Waals surface area contributed by atoms with Gasteiger partial charge < -0.3 is 20.4 Å². The summed E-state index contributed by atoms with van der Waals surface area (Å²) in [6.07, 6.45) is 7.76. The molecule has 7 heteroatoms. The molecule has 0 saturated carbocycles. The summed E-state index contributed by atoms with van der Waals surface area (Å²) >= 11 is 0. The fraction of sp³-hybridized carbons (Fsp3) is 0.389. The zero-order chi connectivity index (χ0) is 17.6. The Morgan fingerprint density at radius 2 is 1.92 bits per heavy atom. The minimum Gasteiger partial charge on any atom is -0.467 e. The Labute approximate surface area is 146 Å². The molecule has 0 aliphatic carbocycles. The molecule has 2 amide bonds. The Kier molecular flexibility index (Phi) is 5.33. The Morgan fingerprint density at radius 3 is 2.52 bits per heavy atom. The van der Waals surface area contributed by atoms with Crippen molar-refractivity contribution < 1.29 is 14.0 Å². The highest BCUT2D eigenvalue weighted by atomic mass is 16.3. The molecule has 0 atom stereocenters. The van der Waals surface area contributed by atoms with Gasteiger partial charge in [-0.05, 0) is 31.0 Å². The molecule has 7 nitrogen and oxygen atoms in total. The molecule has 1 aliphatic heterocycles. The number of pyridine rings is 1. The van der Waals surface area contributed by atoms with E-state index in [1.165, 1.54) is 38.0 Å². The Balaban J connectivity index is 1.57. The second-order valence-electron chi connectivity index (χ2n) is 6.15. The first-order valence-corrected chi connectivity index (χ1v) is 8.50. The molecule has 3 N–H and O–H groups in total. The third-order valence-corrected chi connectivity index (χ3v) is 4.30. The number of carbonyl (C=O) groups excluding carboxylic acids is 2. The van der Waals surface area contributed by atoms with Crippen LogP contribution in [0.2, 0.25) is 0 Å². The number of hydrogen-bond acceptors (Lipinski definition) is 5. The van der Waals surface area contributed by atoms with Crippen LogP contribution in [0, 0.1) is 0 Å². The molecular weight excluding hydrogens is 320 g/mol. The summed E-state index contributed by atoms with van der Waals surface area (Å²) in [4.78, 5) is 29.9. The van der Waals surface area contributed by atoms with Crippen LogP contribution in [0.4, 0.5) is 5.82 Å². The Bertz CT molecular complexity index is 731. The summed E-state index contributed by atoms with van der Waals surface area (Å²) < 4.78 is 5.18. The highest BCUT2D eigenvalue weighted by molar-refractivity contribution is 5.94. The second-order valence-corrected chi connectivity index (χ2v) is 6.15. The second kappa shape index (κ2) is 7.83. The lowest BCUT2D eigenvalue weighted by Gasteiger charge is -2.21. The molecule has 1 aliphatic rings. The van der Waals surface area contributed by atoms with Gasteiger partial charge >= 0.3 is 0 Å². The third kappa shape index (κ3) is 4.37. The zero-order valence-corrected chi connectivity index (χ0v) is 14.0. The summed E-state index contributed by atoms with van der Waals surface area (Å²) in [6.45, 7) is 2.21. The molecule has 3 heterocycles.